The number of hydrogen-bond acceptors (Lipinski definition) is 4. The molecule has 1 aromatic heterocycles. The molecule has 3 rings (SSSR count). The van der Waals surface area contributed by atoms with Crippen LogP contribution in [-0.4, -0.2) is 53.5 Å². The average Bonchev–Trinajstić information content (AvgIpc) is 2.82. The number of hydrogen-bond donors (Lipinski definition) is 1. The average molecular weight is 348 g/mol. The number of nitrogens with zero attached hydrogens (tertiary/aromatic N) is 4. The fourth-order valence-electron chi connectivity index (χ4n) is 3.75. The van der Waals surface area contributed by atoms with Crippen molar-refractivity contribution >= 4 is 5.96 Å². The summed E-state index contributed by atoms with van der Waals surface area (Å²) in [4.78, 5) is 13.9. The molecule has 140 valence electrons. The molecule has 0 atom stereocenters. The van der Waals surface area contributed by atoms with Crippen LogP contribution in [0.25, 0.3) is 0 Å². The molecule has 2 N–H and O–H groups in total. The summed E-state index contributed by atoms with van der Waals surface area (Å²) in [6.45, 7) is 9.99. The maximum Gasteiger partial charge on any atom is 0.208 e. The number of rotatable bonds is 4. The highest BCUT2D eigenvalue weighted by Crippen LogP contribution is 2.20. The van der Waals surface area contributed by atoms with Crippen molar-refractivity contribution in [1.29, 1.82) is 0 Å². The molecule has 2 fully saturated rings. The standard InChI is InChI=1S/C19H33N5O/c1-15-16(2)25-18(22-15)14-23-11-7-17(8-12-23)13-21-19(20)24-9-5-3-4-6-10-24/h17H,3-14H2,1-2H3,(H2,20,21). The molecule has 0 aromatic carbocycles. The second kappa shape index (κ2) is 8.70. The van der Waals surface area contributed by atoms with Crippen molar-refractivity contribution in [2.24, 2.45) is 16.6 Å². The lowest BCUT2D eigenvalue weighted by Crippen LogP contribution is -2.39. The molecule has 0 amide bonds. The Hall–Kier alpha value is -1.56. The van der Waals surface area contributed by atoms with Gasteiger partial charge in [0.2, 0.25) is 5.89 Å². The summed E-state index contributed by atoms with van der Waals surface area (Å²) in [6.07, 6.45) is 7.49. The Morgan fingerprint density at radius 1 is 1.12 bits per heavy atom. The van der Waals surface area contributed by atoms with Crippen LogP contribution in [0.2, 0.25) is 0 Å². The van der Waals surface area contributed by atoms with Gasteiger partial charge >= 0.3 is 0 Å². The third-order valence-electron chi connectivity index (χ3n) is 5.58. The number of guanidine groups is 1. The molecule has 0 spiro atoms. The summed E-state index contributed by atoms with van der Waals surface area (Å²) in [7, 11) is 0. The lowest BCUT2D eigenvalue weighted by Gasteiger charge is -2.30. The number of likely N-dealkylation sites (tertiary alicyclic amines) is 2. The largest absolute Gasteiger partial charge is 0.444 e. The molecular weight excluding hydrogens is 314 g/mol. The quantitative estimate of drug-likeness (QED) is 0.670. The molecule has 0 bridgehead atoms. The highest BCUT2D eigenvalue weighted by atomic mass is 16.4. The van der Waals surface area contributed by atoms with Gasteiger partial charge in [-0.15, -0.1) is 0 Å². The van der Waals surface area contributed by atoms with Gasteiger partial charge in [-0.25, -0.2) is 4.98 Å². The number of nitrogens with two attached hydrogens (primary N) is 1. The first-order chi connectivity index (χ1) is 12.1. The summed E-state index contributed by atoms with van der Waals surface area (Å²) < 4.78 is 5.70. The Morgan fingerprint density at radius 2 is 1.80 bits per heavy atom. The lowest BCUT2D eigenvalue weighted by atomic mass is 9.97. The highest BCUT2D eigenvalue weighted by Gasteiger charge is 2.21. The van der Waals surface area contributed by atoms with Crippen molar-refractivity contribution in [3.05, 3.63) is 17.3 Å². The first-order valence-corrected chi connectivity index (χ1v) is 9.82. The molecule has 0 aliphatic carbocycles. The van der Waals surface area contributed by atoms with E-state index in [1.54, 1.807) is 0 Å². The van der Waals surface area contributed by atoms with Crippen LogP contribution in [0.4, 0.5) is 0 Å². The van der Waals surface area contributed by atoms with Gasteiger partial charge in [0.25, 0.3) is 0 Å². The fraction of sp³-hybridized carbons (Fsp3) is 0.789. The predicted octanol–water partition coefficient (Wildman–Crippen LogP) is 2.69. The molecule has 2 saturated heterocycles. The van der Waals surface area contributed by atoms with E-state index >= 15 is 0 Å². The zero-order chi connectivity index (χ0) is 17.6. The van der Waals surface area contributed by atoms with Gasteiger partial charge in [-0.3, -0.25) is 9.89 Å². The Labute approximate surface area is 151 Å². The van der Waals surface area contributed by atoms with Gasteiger partial charge in [0, 0.05) is 19.6 Å². The minimum Gasteiger partial charge on any atom is -0.444 e. The van der Waals surface area contributed by atoms with Crippen molar-refractivity contribution in [2.45, 2.75) is 58.9 Å². The molecule has 0 unspecified atom stereocenters. The van der Waals surface area contributed by atoms with Crippen molar-refractivity contribution in [1.82, 2.24) is 14.8 Å². The highest BCUT2D eigenvalue weighted by molar-refractivity contribution is 5.78. The van der Waals surface area contributed by atoms with Crippen LogP contribution in [0.5, 0.6) is 0 Å². The smallest absolute Gasteiger partial charge is 0.208 e. The summed E-state index contributed by atoms with van der Waals surface area (Å²) in [5, 5.41) is 0. The van der Waals surface area contributed by atoms with E-state index in [2.05, 4.69) is 14.8 Å². The SMILES string of the molecule is Cc1nc(CN2CCC(CN=C(N)N3CCCCCC3)CC2)oc1C. The Balaban J connectivity index is 1.42. The van der Waals surface area contributed by atoms with Gasteiger partial charge in [-0.1, -0.05) is 12.8 Å². The Kier molecular flexibility index (Phi) is 6.34. The van der Waals surface area contributed by atoms with E-state index in [1.807, 2.05) is 13.8 Å². The minimum atomic E-state index is 0.648. The van der Waals surface area contributed by atoms with Crippen LogP contribution < -0.4 is 5.73 Å². The summed E-state index contributed by atoms with van der Waals surface area (Å²) in [6, 6.07) is 0. The summed E-state index contributed by atoms with van der Waals surface area (Å²) >= 11 is 0. The molecule has 0 radical (unpaired) electrons. The van der Waals surface area contributed by atoms with Crippen LogP contribution in [0.3, 0.4) is 0 Å². The fourth-order valence-corrected chi connectivity index (χ4v) is 3.75. The normalized spacial score (nSPS) is 21.5. The molecule has 3 heterocycles. The van der Waals surface area contributed by atoms with E-state index in [0.717, 1.165) is 62.6 Å². The molecule has 25 heavy (non-hydrogen) atoms. The second-order valence-electron chi connectivity index (χ2n) is 7.57. The lowest BCUT2D eigenvalue weighted by molar-refractivity contribution is 0.166. The topological polar surface area (TPSA) is 70.9 Å². The van der Waals surface area contributed by atoms with E-state index < -0.39 is 0 Å². The molecule has 6 heteroatoms. The van der Waals surface area contributed by atoms with Gasteiger partial charge in [0.1, 0.15) is 5.76 Å². The van der Waals surface area contributed by atoms with Crippen molar-refractivity contribution in [3.63, 3.8) is 0 Å². The van der Waals surface area contributed by atoms with Crippen molar-refractivity contribution in [3.8, 4) is 0 Å². The van der Waals surface area contributed by atoms with Crippen molar-refractivity contribution < 1.29 is 4.42 Å². The maximum atomic E-state index is 6.23. The van der Waals surface area contributed by atoms with Gasteiger partial charge in [-0.05, 0) is 58.5 Å². The van der Waals surface area contributed by atoms with Gasteiger partial charge in [0.15, 0.2) is 5.96 Å². The maximum absolute atomic E-state index is 6.23. The number of oxazole rings is 1. The van der Waals surface area contributed by atoms with Crippen LogP contribution in [-0.2, 0) is 6.54 Å². The summed E-state index contributed by atoms with van der Waals surface area (Å²) in [5.41, 5.74) is 7.23. The number of piperidine rings is 1. The minimum absolute atomic E-state index is 0.648. The van der Waals surface area contributed by atoms with Crippen LogP contribution in [0, 0.1) is 19.8 Å². The van der Waals surface area contributed by atoms with Crippen LogP contribution >= 0.6 is 0 Å². The predicted molar refractivity (Wildman–Crippen MR) is 101 cm³/mol. The first-order valence-electron chi connectivity index (χ1n) is 9.82. The molecule has 0 saturated carbocycles. The van der Waals surface area contributed by atoms with Gasteiger partial charge in [0.05, 0.1) is 12.2 Å². The Bertz CT molecular complexity index is 547. The zero-order valence-electron chi connectivity index (χ0n) is 15.8. The van der Waals surface area contributed by atoms with Crippen LogP contribution in [0.1, 0.15) is 55.9 Å². The molecular formula is C19H33N5O. The van der Waals surface area contributed by atoms with Crippen LogP contribution in [0.15, 0.2) is 9.41 Å². The van der Waals surface area contributed by atoms with Crippen molar-refractivity contribution in [2.75, 3.05) is 32.7 Å². The molecule has 2 aliphatic heterocycles. The number of aryl methyl sites for hydroxylation is 2. The molecule has 1 aromatic rings. The summed E-state index contributed by atoms with van der Waals surface area (Å²) in [5.74, 6) is 3.19. The van der Waals surface area contributed by atoms with Gasteiger partial charge in [-0.2, -0.15) is 0 Å². The van der Waals surface area contributed by atoms with E-state index in [1.165, 1.54) is 38.5 Å². The first kappa shape index (κ1) is 18.2. The molecule has 6 nitrogen and oxygen atoms in total. The molecule has 2 aliphatic rings. The third kappa shape index (κ3) is 5.21. The number of aliphatic imine (C=N–C) groups is 1. The van der Waals surface area contributed by atoms with E-state index in [-0.39, 0.29) is 0 Å². The third-order valence-corrected chi connectivity index (χ3v) is 5.58. The Morgan fingerprint density at radius 3 is 2.40 bits per heavy atom. The van der Waals surface area contributed by atoms with E-state index in [0.29, 0.717) is 5.92 Å². The van der Waals surface area contributed by atoms with E-state index in [4.69, 9.17) is 15.1 Å². The van der Waals surface area contributed by atoms with E-state index in [9.17, 15) is 0 Å². The number of aromatic nitrogens is 1. The van der Waals surface area contributed by atoms with Gasteiger partial charge < -0.3 is 15.1 Å². The monoisotopic (exact) mass is 347 g/mol. The second-order valence-corrected chi connectivity index (χ2v) is 7.57. The zero-order valence-corrected chi connectivity index (χ0v) is 15.8.